The number of aromatic nitrogens is 2. The van der Waals surface area contributed by atoms with Crippen molar-refractivity contribution in [2.45, 2.75) is 13.2 Å². The van der Waals surface area contributed by atoms with Crippen molar-refractivity contribution < 1.29 is 4.74 Å². The minimum atomic E-state index is 0. The van der Waals surface area contributed by atoms with Crippen LogP contribution in [0.5, 0.6) is 5.88 Å². The molecule has 1 aromatic carbocycles. The van der Waals surface area contributed by atoms with Gasteiger partial charge < -0.3 is 19.9 Å². The Labute approximate surface area is 206 Å². The molecule has 8 heteroatoms. The quantitative estimate of drug-likeness (QED) is 0.291. The van der Waals surface area contributed by atoms with Gasteiger partial charge in [-0.1, -0.05) is 42.5 Å². The molecule has 4 rings (SSSR count). The summed E-state index contributed by atoms with van der Waals surface area (Å²) in [4.78, 5) is 18.0. The fourth-order valence-electron chi connectivity index (χ4n) is 3.61. The van der Waals surface area contributed by atoms with Gasteiger partial charge in [0.1, 0.15) is 12.4 Å². The standard InChI is InChI=1S/C24H28N6O.HI/c1-25-24(30-16-14-29(15-17-30)22-11-5-6-12-26-22)28-18-21-10-7-13-27-23(21)31-19-20-8-3-2-4-9-20;/h2-13H,14-19H2,1H3,(H,25,28);1H. The zero-order valence-electron chi connectivity index (χ0n) is 18.2. The van der Waals surface area contributed by atoms with E-state index in [4.69, 9.17) is 4.74 Å². The summed E-state index contributed by atoms with van der Waals surface area (Å²) < 4.78 is 5.98. The van der Waals surface area contributed by atoms with Crippen molar-refractivity contribution in [2.24, 2.45) is 4.99 Å². The fourth-order valence-corrected chi connectivity index (χ4v) is 3.61. The molecule has 1 aliphatic heterocycles. The smallest absolute Gasteiger partial charge is 0.218 e. The van der Waals surface area contributed by atoms with E-state index in [0.29, 0.717) is 19.0 Å². The molecule has 7 nitrogen and oxygen atoms in total. The van der Waals surface area contributed by atoms with Crippen molar-refractivity contribution in [3.63, 3.8) is 0 Å². The Morgan fingerprint density at radius 2 is 1.69 bits per heavy atom. The van der Waals surface area contributed by atoms with Crippen LogP contribution in [0.1, 0.15) is 11.1 Å². The van der Waals surface area contributed by atoms with Gasteiger partial charge in [-0.3, -0.25) is 4.99 Å². The van der Waals surface area contributed by atoms with E-state index in [9.17, 15) is 0 Å². The Balaban J connectivity index is 0.00000289. The van der Waals surface area contributed by atoms with Crippen LogP contribution in [0, 0.1) is 0 Å². The molecule has 2 aromatic heterocycles. The van der Waals surface area contributed by atoms with E-state index < -0.39 is 0 Å². The number of halogens is 1. The van der Waals surface area contributed by atoms with Crippen molar-refractivity contribution in [3.8, 4) is 5.88 Å². The molecule has 168 valence electrons. The maximum Gasteiger partial charge on any atom is 0.218 e. The highest BCUT2D eigenvalue weighted by Crippen LogP contribution is 2.17. The molecule has 0 radical (unpaired) electrons. The fraction of sp³-hybridized carbons (Fsp3) is 0.292. The number of pyridine rings is 2. The van der Waals surface area contributed by atoms with Crippen molar-refractivity contribution in [2.75, 3.05) is 38.1 Å². The topological polar surface area (TPSA) is 65.9 Å². The highest BCUT2D eigenvalue weighted by atomic mass is 127. The summed E-state index contributed by atoms with van der Waals surface area (Å²) in [6.45, 7) is 4.70. The van der Waals surface area contributed by atoms with Gasteiger partial charge in [0.25, 0.3) is 0 Å². The summed E-state index contributed by atoms with van der Waals surface area (Å²) in [6.07, 6.45) is 3.60. The van der Waals surface area contributed by atoms with Gasteiger partial charge in [-0.25, -0.2) is 9.97 Å². The molecule has 0 amide bonds. The van der Waals surface area contributed by atoms with E-state index in [1.807, 2.05) is 67.8 Å². The van der Waals surface area contributed by atoms with Crippen LogP contribution >= 0.6 is 24.0 Å². The lowest BCUT2D eigenvalue weighted by molar-refractivity contribution is 0.290. The van der Waals surface area contributed by atoms with Crippen LogP contribution in [-0.2, 0) is 13.2 Å². The molecule has 1 fully saturated rings. The zero-order chi connectivity index (χ0) is 21.3. The molecule has 32 heavy (non-hydrogen) atoms. The molecular weight excluding hydrogens is 515 g/mol. The highest BCUT2D eigenvalue weighted by Gasteiger charge is 2.20. The number of nitrogens with zero attached hydrogens (tertiary/aromatic N) is 5. The first kappa shape index (κ1) is 23.8. The molecule has 1 N–H and O–H groups in total. The summed E-state index contributed by atoms with van der Waals surface area (Å²) in [6, 6.07) is 20.1. The van der Waals surface area contributed by atoms with Gasteiger partial charge in [0, 0.05) is 57.7 Å². The number of ether oxygens (including phenoxy) is 1. The Morgan fingerprint density at radius 1 is 0.938 bits per heavy atom. The lowest BCUT2D eigenvalue weighted by Gasteiger charge is -2.37. The van der Waals surface area contributed by atoms with Gasteiger partial charge in [0.15, 0.2) is 5.96 Å². The third-order valence-electron chi connectivity index (χ3n) is 5.27. The van der Waals surface area contributed by atoms with Gasteiger partial charge >= 0.3 is 0 Å². The largest absolute Gasteiger partial charge is 0.473 e. The minimum absolute atomic E-state index is 0. The number of hydrogen-bond donors (Lipinski definition) is 1. The molecule has 0 atom stereocenters. The molecule has 3 aromatic rings. The first-order chi connectivity index (χ1) is 15.3. The number of guanidine groups is 1. The first-order valence-corrected chi connectivity index (χ1v) is 10.6. The van der Waals surface area contributed by atoms with Crippen LogP contribution in [-0.4, -0.2) is 54.1 Å². The highest BCUT2D eigenvalue weighted by molar-refractivity contribution is 14.0. The van der Waals surface area contributed by atoms with Crippen LogP contribution in [0.2, 0.25) is 0 Å². The number of benzene rings is 1. The average Bonchev–Trinajstić information content (AvgIpc) is 2.85. The second-order valence-electron chi connectivity index (χ2n) is 7.30. The Hall–Kier alpha value is -2.88. The van der Waals surface area contributed by atoms with E-state index >= 15 is 0 Å². The summed E-state index contributed by atoms with van der Waals surface area (Å²) in [7, 11) is 1.82. The number of hydrogen-bond acceptors (Lipinski definition) is 5. The Kier molecular flexibility index (Phi) is 9.09. The molecule has 1 saturated heterocycles. The van der Waals surface area contributed by atoms with Crippen molar-refractivity contribution in [3.05, 3.63) is 84.2 Å². The van der Waals surface area contributed by atoms with Crippen LogP contribution in [0.3, 0.4) is 0 Å². The molecule has 3 heterocycles. The first-order valence-electron chi connectivity index (χ1n) is 10.6. The lowest BCUT2D eigenvalue weighted by atomic mass is 10.2. The van der Waals surface area contributed by atoms with E-state index in [2.05, 4.69) is 36.1 Å². The molecule has 0 spiro atoms. The van der Waals surface area contributed by atoms with Gasteiger partial charge in [0.2, 0.25) is 5.88 Å². The molecule has 0 saturated carbocycles. The second kappa shape index (κ2) is 12.2. The number of piperazine rings is 1. The van der Waals surface area contributed by atoms with E-state index in [1.165, 1.54) is 0 Å². The van der Waals surface area contributed by atoms with Gasteiger partial charge in [-0.05, 0) is 23.8 Å². The minimum Gasteiger partial charge on any atom is -0.473 e. The molecule has 0 unspecified atom stereocenters. The number of rotatable bonds is 6. The third kappa shape index (κ3) is 6.32. The number of anilines is 1. The van der Waals surface area contributed by atoms with Crippen molar-refractivity contribution >= 4 is 35.8 Å². The number of nitrogens with one attached hydrogen (secondary N) is 1. The van der Waals surface area contributed by atoms with Crippen LogP contribution < -0.4 is 15.0 Å². The summed E-state index contributed by atoms with van der Waals surface area (Å²) in [5.41, 5.74) is 2.13. The van der Waals surface area contributed by atoms with Gasteiger partial charge in [-0.15, -0.1) is 24.0 Å². The predicted molar refractivity (Wildman–Crippen MR) is 139 cm³/mol. The van der Waals surface area contributed by atoms with E-state index in [-0.39, 0.29) is 24.0 Å². The van der Waals surface area contributed by atoms with Crippen LogP contribution in [0.4, 0.5) is 5.82 Å². The Bertz CT molecular complexity index is 978. The van der Waals surface area contributed by atoms with Crippen LogP contribution in [0.15, 0.2) is 78.0 Å². The SMILES string of the molecule is CN=C(NCc1cccnc1OCc1ccccc1)N1CCN(c2ccccn2)CC1.I. The van der Waals surface area contributed by atoms with Crippen molar-refractivity contribution in [1.29, 1.82) is 0 Å². The third-order valence-corrected chi connectivity index (χ3v) is 5.27. The summed E-state index contributed by atoms with van der Waals surface area (Å²) in [5.74, 6) is 2.56. The maximum absolute atomic E-state index is 5.98. The molecule has 1 aliphatic rings. The predicted octanol–water partition coefficient (Wildman–Crippen LogP) is 3.57. The average molecular weight is 544 g/mol. The van der Waals surface area contributed by atoms with Crippen LogP contribution in [0.25, 0.3) is 0 Å². The Morgan fingerprint density at radius 3 is 2.41 bits per heavy atom. The molecular formula is C24H29IN6O. The summed E-state index contributed by atoms with van der Waals surface area (Å²) >= 11 is 0. The van der Waals surface area contributed by atoms with Crippen molar-refractivity contribution in [1.82, 2.24) is 20.2 Å². The normalized spacial score (nSPS) is 14.0. The van der Waals surface area contributed by atoms with E-state index in [1.54, 1.807) is 6.20 Å². The molecule has 0 bridgehead atoms. The van der Waals surface area contributed by atoms with E-state index in [0.717, 1.165) is 49.1 Å². The molecule has 0 aliphatic carbocycles. The second-order valence-corrected chi connectivity index (χ2v) is 7.30. The monoisotopic (exact) mass is 544 g/mol. The lowest BCUT2D eigenvalue weighted by Crippen LogP contribution is -2.52. The van der Waals surface area contributed by atoms with Gasteiger partial charge in [-0.2, -0.15) is 0 Å². The summed E-state index contributed by atoms with van der Waals surface area (Å²) in [5, 5.41) is 3.47. The zero-order valence-corrected chi connectivity index (χ0v) is 20.6. The maximum atomic E-state index is 5.98. The number of aliphatic imine (C=N–C) groups is 1. The van der Waals surface area contributed by atoms with Gasteiger partial charge in [0.05, 0.1) is 0 Å².